The van der Waals surface area contributed by atoms with Gasteiger partial charge in [-0.3, -0.25) is 0 Å². The van der Waals surface area contributed by atoms with Gasteiger partial charge in [-0.25, -0.2) is 0 Å². The molecule has 2 heteroatoms. The van der Waals surface area contributed by atoms with Crippen LogP contribution in [0, 0.1) is 26.7 Å². The molecule has 1 saturated heterocycles. The molecule has 3 atom stereocenters. The molecule has 0 amide bonds. The van der Waals surface area contributed by atoms with Crippen molar-refractivity contribution in [2.75, 3.05) is 6.61 Å². The predicted octanol–water partition coefficient (Wildman–Crippen LogP) is 4.76. The summed E-state index contributed by atoms with van der Waals surface area (Å²) in [7, 11) is 0. The summed E-state index contributed by atoms with van der Waals surface area (Å²) in [5.74, 6) is 1.64. The van der Waals surface area contributed by atoms with Crippen LogP contribution in [0.25, 0.3) is 0 Å². The molecule has 0 bridgehead atoms. The number of hydrogen-bond donors (Lipinski definition) is 0. The number of hydrogen-bond acceptors (Lipinski definition) is 2. The zero-order valence-electron chi connectivity index (χ0n) is 14.5. The lowest BCUT2D eigenvalue weighted by Crippen LogP contribution is -2.12. The monoisotopic (exact) mass is 290 g/mol. The number of ether oxygens (including phenoxy) is 2. The first-order valence-electron chi connectivity index (χ1n) is 8.37. The van der Waals surface area contributed by atoms with Crippen LogP contribution in [0.2, 0.25) is 0 Å². The molecule has 1 heterocycles. The minimum absolute atomic E-state index is 0.463. The Morgan fingerprint density at radius 3 is 2.48 bits per heavy atom. The second-order valence-corrected chi connectivity index (χ2v) is 6.50. The molecule has 1 fully saturated rings. The van der Waals surface area contributed by atoms with Crippen molar-refractivity contribution in [2.24, 2.45) is 5.92 Å². The highest BCUT2D eigenvalue weighted by atomic mass is 16.6. The molecular formula is C19H30O2. The first kappa shape index (κ1) is 16.4. The van der Waals surface area contributed by atoms with Crippen LogP contribution >= 0.6 is 0 Å². The molecule has 1 aromatic carbocycles. The van der Waals surface area contributed by atoms with E-state index in [1.54, 1.807) is 0 Å². The van der Waals surface area contributed by atoms with Crippen LogP contribution in [-0.2, 0) is 11.2 Å². The summed E-state index contributed by atoms with van der Waals surface area (Å²) in [6.07, 6.45) is 4.25. The van der Waals surface area contributed by atoms with Gasteiger partial charge in [0.1, 0.15) is 5.75 Å². The average molecular weight is 290 g/mol. The van der Waals surface area contributed by atoms with E-state index in [0.29, 0.717) is 18.1 Å². The number of rotatable bonds is 7. The third-order valence-corrected chi connectivity index (χ3v) is 4.78. The van der Waals surface area contributed by atoms with E-state index in [-0.39, 0.29) is 0 Å². The Balaban J connectivity index is 2.14. The number of benzene rings is 1. The van der Waals surface area contributed by atoms with Crippen LogP contribution < -0.4 is 4.74 Å². The van der Waals surface area contributed by atoms with E-state index in [0.717, 1.165) is 31.6 Å². The van der Waals surface area contributed by atoms with Crippen molar-refractivity contribution < 1.29 is 9.47 Å². The van der Waals surface area contributed by atoms with Gasteiger partial charge in [0, 0.05) is 0 Å². The molecule has 1 aliphatic heterocycles. The molecule has 0 radical (unpaired) electrons. The van der Waals surface area contributed by atoms with Crippen molar-refractivity contribution in [1.29, 1.82) is 0 Å². The van der Waals surface area contributed by atoms with E-state index in [1.807, 2.05) is 0 Å². The molecule has 21 heavy (non-hydrogen) atoms. The smallest absolute Gasteiger partial charge is 0.122 e. The van der Waals surface area contributed by atoms with Gasteiger partial charge in [-0.2, -0.15) is 0 Å². The van der Waals surface area contributed by atoms with E-state index in [2.05, 4.69) is 47.6 Å². The zero-order chi connectivity index (χ0) is 15.6. The highest BCUT2D eigenvalue weighted by Crippen LogP contribution is 2.36. The Morgan fingerprint density at radius 2 is 1.90 bits per heavy atom. The van der Waals surface area contributed by atoms with Crippen molar-refractivity contribution in [3.05, 3.63) is 28.3 Å². The first-order valence-corrected chi connectivity index (χ1v) is 8.37. The molecule has 0 spiro atoms. The summed E-state index contributed by atoms with van der Waals surface area (Å²) in [5, 5.41) is 0. The highest BCUT2D eigenvalue weighted by Gasteiger charge is 2.41. The van der Waals surface area contributed by atoms with Crippen LogP contribution in [0.4, 0.5) is 0 Å². The van der Waals surface area contributed by atoms with Crippen molar-refractivity contribution in [1.82, 2.24) is 0 Å². The molecule has 0 aliphatic carbocycles. The molecule has 2 nitrogen and oxygen atoms in total. The van der Waals surface area contributed by atoms with Gasteiger partial charge < -0.3 is 9.47 Å². The van der Waals surface area contributed by atoms with Gasteiger partial charge in [0.15, 0.2) is 0 Å². The Kier molecular flexibility index (Phi) is 5.32. The van der Waals surface area contributed by atoms with Gasteiger partial charge >= 0.3 is 0 Å². The summed E-state index contributed by atoms with van der Waals surface area (Å²) >= 11 is 0. The minimum Gasteiger partial charge on any atom is -0.493 e. The first-order chi connectivity index (χ1) is 9.99. The van der Waals surface area contributed by atoms with Crippen LogP contribution in [0.5, 0.6) is 5.75 Å². The van der Waals surface area contributed by atoms with E-state index in [1.165, 1.54) is 22.3 Å². The van der Waals surface area contributed by atoms with Gasteiger partial charge in [0.25, 0.3) is 0 Å². The fourth-order valence-corrected chi connectivity index (χ4v) is 3.20. The molecule has 1 aliphatic rings. The lowest BCUT2D eigenvalue weighted by molar-refractivity contribution is 0.314. The van der Waals surface area contributed by atoms with Gasteiger partial charge in [0.2, 0.25) is 0 Å². The Labute approximate surface area is 129 Å². The summed E-state index contributed by atoms with van der Waals surface area (Å²) in [5.41, 5.74) is 5.51. The Hall–Kier alpha value is -1.02. The maximum Gasteiger partial charge on any atom is 0.122 e. The van der Waals surface area contributed by atoms with Crippen LogP contribution in [0.1, 0.15) is 55.9 Å². The lowest BCUT2D eigenvalue weighted by atomic mass is 9.88. The summed E-state index contributed by atoms with van der Waals surface area (Å²) in [4.78, 5) is 0. The van der Waals surface area contributed by atoms with Gasteiger partial charge in [-0.15, -0.1) is 0 Å². The SMILES string of the molecule is CCCOc1cc(C)c(CC(C)C2OC2CC)c(C)c1C. The van der Waals surface area contributed by atoms with E-state index >= 15 is 0 Å². The maximum absolute atomic E-state index is 5.88. The van der Waals surface area contributed by atoms with Crippen molar-refractivity contribution in [3.8, 4) is 5.75 Å². The molecule has 2 rings (SSSR count). The number of epoxide rings is 1. The molecule has 0 saturated carbocycles. The second kappa shape index (κ2) is 6.83. The van der Waals surface area contributed by atoms with E-state index < -0.39 is 0 Å². The van der Waals surface area contributed by atoms with Crippen LogP contribution in [-0.4, -0.2) is 18.8 Å². The largest absolute Gasteiger partial charge is 0.493 e. The molecule has 3 unspecified atom stereocenters. The molecule has 118 valence electrons. The molecule has 0 N–H and O–H groups in total. The van der Waals surface area contributed by atoms with E-state index in [9.17, 15) is 0 Å². The molecule has 1 aromatic rings. The third kappa shape index (κ3) is 3.60. The minimum atomic E-state index is 0.463. The fourth-order valence-electron chi connectivity index (χ4n) is 3.20. The Bertz CT molecular complexity index is 493. The van der Waals surface area contributed by atoms with Gasteiger partial charge in [-0.05, 0) is 74.3 Å². The van der Waals surface area contributed by atoms with Crippen LogP contribution in [0.15, 0.2) is 6.07 Å². The predicted molar refractivity (Wildman–Crippen MR) is 88.3 cm³/mol. The summed E-state index contributed by atoms with van der Waals surface area (Å²) < 4.78 is 11.6. The topological polar surface area (TPSA) is 21.8 Å². The van der Waals surface area contributed by atoms with Crippen molar-refractivity contribution in [3.63, 3.8) is 0 Å². The number of aryl methyl sites for hydroxylation is 1. The molecular weight excluding hydrogens is 260 g/mol. The fraction of sp³-hybridized carbons (Fsp3) is 0.684. The zero-order valence-corrected chi connectivity index (χ0v) is 14.5. The van der Waals surface area contributed by atoms with E-state index in [4.69, 9.17) is 9.47 Å². The summed E-state index contributed by atoms with van der Waals surface area (Å²) in [6, 6.07) is 2.21. The quantitative estimate of drug-likeness (QED) is 0.675. The second-order valence-electron chi connectivity index (χ2n) is 6.50. The van der Waals surface area contributed by atoms with Gasteiger partial charge in [0.05, 0.1) is 18.8 Å². The van der Waals surface area contributed by atoms with Crippen LogP contribution in [0.3, 0.4) is 0 Å². The van der Waals surface area contributed by atoms with Gasteiger partial charge in [-0.1, -0.05) is 20.8 Å². The standard InChI is InChI=1S/C19H30O2/c1-7-9-20-18-11-12(3)16(14(5)15(18)6)10-13(4)19-17(8-2)21-19/h11,13,17,19H,7-10H2,1-6H3. The summed E-state index contributed by atoms with van der Waals surface area (Å²) in [6.45, 7) is 14.1. The average Bonchev–Trinajstić information content (AvgIpc) is 3.25. The highest BCUT2D eigenvalue weighted by molar-refractivity contribution is 5.48. The molecule has 0 aromatic heterocycles. The third-order valence-electron chi connectivity index (χ3n) is 4.78. The maximum atomic E-state index is 5.88. The lowest BCUT2D eigenvalue weighted by Gasteiger charge is -2.19. The van der Waals surface area contributed by atoms with Crippen molar-refractivity contribution >= 4 is 0 Å². The normalized spacial score (nSPS) is 22.2. The Morgan fingerprint density at radius 1 is 1.19 bits per heavy atom. The van der Waals surface area contributed by atoms with Crippen molar-refractivity contribution in [2.45, 2.75) is 73.0 Å².